The van der Waals surface area contributed by atoms with Gasteiger partial charge in [-0.05, 0) is 130 Å². The Morgan fingerprint density at radius 2 is 0.544 bits per heavy atom. The summed E-state index contributed by atoms with van der Waals surface area (Å²) in [5.41, 5.74) is -0.719. The number of pyridine rings is 2. The zero-order valence-electron chi connectivity index (χ0n) is 62.5. The van der Waals surface area contributed by atoms with Gasteiger partial charge in [0.25, 0.3) is 22.2 Å². The summed E-state index contributed by atoms with van der Waals surface area (Å²) in [4.78, 5) is 72.0. The minimum atomic E-state index is -0.181. The Balaban J connectivity index is 0.938. The molecule has 544 valence electrons. The third-order valence-corrected chi connectivity index (χ3v) is 29.6. The van der Waals surface area contributed by atoms with Crippen molar-refractivity contribution in [3.63, 3.8) is 0 Å². The molecule has 0 saturated carbocycles. The molecule has 7 aromatic heterocycles. The van der Waals surface area contributed by atoms with Crippen molar-refractivity contribution in [2.45, 2.75) is 298 Å². The molecule has 0 amide bonds. The Kier molecular flexibility index (Phi) is 25.4. The largest absolute Gasteiger partial charge is 0.274 e. The van der Waals surface area contributed by atoms with E-state index in [9.17, 15) is 0 Å². The molecule has 0 saturated heterocycles. The number of benzene rings is 7. The minimum absolute atomic E-state index is 0.179. The third kappa shape index (κ3) is 15.7. The average molecular weight is 1470 g/mol. The van der Waals surface area contributed by atoms with Crippen LogP contribution in [0.25, 0.3) is 136 Å². The standard InChI is InChI=1S/C92H112N2O4S5/c1-5-9-13-17-21-25-27-31-35-39-45-61(43-37-33-29-23-19-15-11-7-3)59-93-89(95)69-53-63-65-57-77(74-48-42-52-100-74)102-87(65)67-55-71-80-70(90(96)94(91(71)97)60-62(44-38-34-30-24-20-16-12-8-4)46-40-36-32-28-26-22-18-14-10-6-2)54-64-66-58-78(76-50-49-75(101-76)73-47-41-51-99-73)103-88(66)68-56-72(92(93)98)79(69)85-81(63)83(67)86(80)82(64)84(68)85/h41-42,47-58,61-62H,5-40,43-46,59-60H2,1-4H3. The third-order valence-electron chi connectivity index (χ3n) is 23.9. The molecule has 0 spiro atoms. The summed E-state index contributed by atoms with van der Waals surface area (Å²) in [6, 6.07) is 26.6. The Morgan fingerprint density at radius 3 is 0.864 bits per heavy atom. The van der Waals surface area contributed by atoms with Crippen LogP contribution >= 0.6 is 56.7 Å². The van der Waals surface area contributed by atoms with Crippen molar-refractivity contribution < 1.29 is 0 Å². The van der Waals surface area contributed by atoms with Crippen molar-refractivity contribution in [3.8, 4) is 29.3 Å². The summed E-state index contributed by atoms with van der Waals surface area (Å²) >= 11 is 8.89. The smallest absolute Gasteiger partial charge is 0.261 e. The van der Waals surface area contributed by atoms with Gasteiger partial charge in [0.2, 0.25) is 0 Å². The van der Waals surface area contributed by atoms with Gasteiger partial charge < -0.3 is 0 Å². The van der Waals surface area contributed by atoms with Gasteiger partial charge in [-0.2, -0.15) is 0 Å². The number of aromatic nitrogens is 2. The molecular weight excluding hydrogens is 1360 g/mol. The van der Waals surface area contributed by atoms with E-state index >= 15 is 19.2 Å². The molecule has 2 unspecified atom stereocenters. The first-order chi connectivity index (χ1) is 50.7. The number of fused-ring (bicyclic) bond motifs is 6. The molecule has 11 heteroatoms. The van der Waals surface area contributed by atoms with Gasteiger partial charge in [-0.25, -0.2) is 0 Å². The fourth-order valence-corrected chi connectivity index (χ4v) is 23.4. The van der Waals surface area contributed by atoms with Gasteiger partial charge in [0.05, 0.1) is 0 Å². The molecule has 0 bridgehead atoms. The van der Waals surface area contributed by atoms with Crippen molar-refractivity contribution in [1.82, 2.24) is 9.13 Å². The summed E-state index contributed by atoms with van der Waals surface area (Å²) in [6.07, 6.45) is 49.6. The van der Waals surface area contributed by atoms with E-state index in [0.717, 1.165) is 146 Å². The van der Waals surface area contributed by atoms with Crippen LogP contribution in [0.3, 0.4) is 0 Å². The van der Waals surface area contributed by atoms with Crippen LogP contribution in [0.1, 0.15) is 285 Å². The van der Waals surface area contributed by atoms with Crippen molar-refractivity contribution in [2.24, 2.45) is 11.8 Å². The first kappa shape index (κ1) is 74.1. The van der Waals surface area contributed by atoms with Crippen LogP contribution in [-0.2, 0) is 13.1 Å². The van der Waals surface area contributed by atoms with Crippen LogP contribution in [0.4, 0.5) is 0 Å². The highest BCUT2D eigenvalue weighted by Gasteiger charge is 2.33. The second-order valence-electron chi connectivity index (χ2n) is 31.4. The molecule has 6 nitrogen and oxygen atoms in total. The lowest BCUT2D eigenvalue weighted by molar-refractivity contribution is 0.350. The molecular formula is C92H112N2O4S5. The van der Waals surface area contributed by atoms with Gasteiger partial charge in [-0.3, -0.25) is 28.3 Å². The Hall–Kier alpha value is -5.82. The van der Waals surface area contributed by atoms with Crippen molar-refractivity contribution in [2.75, 3.05) is 0 Å². The summed E-state index contributed by atoms with van der Waals surface area (Å²) in [6.45, 7) is 10.00. The van der Waals surface area contributed by atoms with E-state index in [-0.39, 0.29) is 34.1 Å². The van der Waals surface area contributed by atoms with Crippen LogP contribution in [0, 0.1) is 11.8 Å². The molecule has 0 aliphatic rings. The Bertz CT molecular complexity index is 4990. The van der Waals surface area contributed by atoms with Gasteiger partial charge in [0.15, 0.2) is 0 Å². The number of hydrogen-bond donors (Lipinski definition) is 0. The van der Waals surface area contributed by atoms with Crippen molar-refractivity contribution in [1.29, 1.82) is 0 Å². The molecule has 0 aliphatic carbocycles. The van der Waals surface area contributed by atoms with Crippen LogP contribution in [-0.4, -0.2) is 9.13 Å². The second-order valence-corrected chi connectivity index (χ2v) is 36.4. The van der Waals surface area contributed by atoms with Crippen LogP contribution in [0.15, 0.2) is 103 Å². The summed E-state index contributed by atoms with van der Waals surface area (Å²) in [7, 11) is 0. The van der Waals surface area contributed by atoms with Gasteiger partial charge in [-0.15, -0.1) is 56.7 Å². The second kappa shape index (κ2) is 35.3. The Morgan fingerprint density at radius 1 is 0.262 bits per heavy atom. The molecule has 0 aliphatic heterocycles. The lowest BCUT2D eigenvalue weighted by atomic mass is 9.79. The minimum Gasteiger partial charge on any atom is -0.274 e. The molecule has 103 heavy (non-hydrogen) atoms. The SMILES string of the molecule is CCCCCCCCCCCCC(CCCCCCCCCC)Cn1c(=O)c2cc3c4cc(-c5ccc(-c6cccs6)s5)sc4c4cc5c(=O)n(CC(CCCCCCCCCC)CCCCCCCCCCCC)c(=O)c6cc7c8cc(-c9cccs9)sc8c8cc(c1=O)c2c1c3c4c(c65)c7c81. The molecule has 7 aromatic carbocycles. The predicted molar refractivity (Wildman–Crippen MR) is 459 cm³/mol. The highest BCUT2D eigenvalue weighted by Crippen LogP contribution is 2.58. The maximum Gasteiger partial charge on any atom is 0.261 e. The number of hydrogen-bond acceptors (Lipinski definition) is 9. The lowest BCUT2D eigenvalue weighted by Gasteiger charge is -2.25. The summed E-state index contributed by atoms with van der Waals surface area (Å²) in [5, 5.41) is 20.5. The molecule has 0 radical (unpaired) electrons. The fourth-order valence-electron chi connectivity index (χ4n) is 18.3. The van der Waals surface area contributed by atoms with E-state index in [0.29, 0.717) is 34.6 Å². The monoisotopic (exact) mass is 1470 g/mol. The summed E-state index contributed by atoms with van der Waals surface area (Å²) in [5.74, 6) is 0.425. The number of unbranched alkanes of at least 4 members (excludes halogenated alkanes) is 32. The van der Waals surface area contributed by atoms with Gasteiger partial charge >= 0.3 is 0 Å². The van der Waals surface area contributed by atoms with Crippen LogP contribution in [0.2, 0.25) is 0 Å². The van der Waals surface area contributed by atoms with E-state index < -0.39 is 0 Å². The van der Waals surface area contributed by atoms with E-state index in [4.69, 9.17) is 0 Å². The molecule has 0 fully saturated rings. The van der Waals surface area contributed by atoms with Gasteiger partial charge in [0.1, 0.15) is 0 Å². The highest BCUT2D eigenvalue weighted by molar-refractivity contribution is 7.29. The zero-order valence-corrected chi connectivity index (χ0v) is 66.6. The number of thiophene rings is 5. The topological polar surface area (TPSA) is 78.1 Å². The zero-order chi connectivity index (χ0) is 70.8. The fraction of sp³-hybridized carbons (Fsp3) is 0.522. The molecule has 2 atom stereocenters. The first-order valence-corrected chi connectivity index (χ1v) is 45.5. The molecule has 7 heterocycles. The predicted octanol–water partition coefficient (Wildman–Crippen LogP) is 29.7. The molecule has 14 rings (SSSR count). The summed E-state index contributed by atoms with van der Waals surface area (Å²) < 4.78 is 5.56. The first-order valence-electron chi connectivity index (χ1n) is 41.3. The maximum absolute atomic E-state index is 16.2. The van der Waals surface area contributed by atoms with E-state index in [1.54, 1.807) is 54.5 Å². The quantitative estimate of drug-likeness (QED) is 0.0216. The van der Waals surface area contributed by atoms with E-state index in [1.165, 1.54) is 225 Å². The van der Waals surface area contributed by atoms with E-state index in [1.807, 2.05) is 11.3 Å². The normalized spacial score (nSPS) is 13.2. The number of rotatable bonds is 47. The van der Waals surface area contributed by atoms with Crippen LogP contribution < -0.4 is 22.2 Å². The van der Waals surface area contributed by atoms with Gasteiger partial charge in [-0.1, -0.05) is 271 Å². The number of nitrogens with zero attached hydrogens (tertiary/aromatic N) is 2. The highest BCUT2D eigenvalue weighted by atomic mass is 32.1. The molecule has 0 N–H and O–H groups in total. The Labute approximate surface area is 631 Å². The lowest BCUT2D eigenvalue weighted by Crippen LogP contribution is -2.36. The van der Waals surface area contributed by atoms with Gasteiger partial charge in [0, 0.05) is 127 Å². The average Bonchev–Trinajstić information content (AvgIpc) is 1.52. The van der Waals surface area contributed by atoms with Crippen molar-refractivity contribution in [3.05, 3.63) is 125 Å². The van der Waals surface area contributed by atoms with Crippen molar-refractivity contribution >= 4 is 163 Å². The van der Waals surface area contributed by atoms with E-state index in [2.05, 4.69) is 111 Å². The maximum atomic E-state index is 16.2. The molecule has 14 aromatic rings. The van der Waals surface area contributed by atoms with Crippen LogP contribution in [0.5, 0.6) is 0 Å².